The molecule has 0 aliphatic heterocycles. The third-order valence-corrected chi connectivity index (χ3v) is 2.29. The molecule has 0 fully saturated rings. The number of aromatic nitrogens is 2. The first kappa shape index (κ1) is 10.6. The van der Waals surface area contributed by atoms with E-state index in [0.29, 0.717) is 18.6 Å². The van der Waals surface area contributed by atoms with Crippen LogP contribution in [0.4, 0.5) is 5.82 Å². The van der Waals surface area contributed by atoms with Crippen molar-refractivity contribution in [3.05, 3.63) is 41.2 Å². The highest BCUT2D eigenvalue weighted by atomic mass is 35.5. The largest absolute Gasteiger partial charge is 0.472 e. The Kier molecular flexibility index (Phi) is 3.16. The second-order valence-electron chi connectivity index (χ2n) is 3.03. The number of hydrogen-bond donors (Lipinski definition) is 1. The summed E-state index contributed by atoms with van der Waals surface area (Å²) >= 11 is 5.75. The van der Waals surface area contributed by atoms with Crippen LogP contribution < -0.4 is 5.32 Å². The smallest absolute Gasteiger partial charge is 0.156 e. The molecule has 0 unspecified atom stereocenters. The predicted octanol–water partition coefficient (Wildman–Crippen LogP) is 2.15. The SMILES string of the molecule is O=Cc1c(Cl)ncnc1NCc1ccoc1. The molecule has 0 radical (unpaired) electrons. The van der Waals surface area contributed by atoms with Crippen LogP contribution in [0.3, 0.4) is 0 Å². The second-order valence-corrected chi connectivity index (χ2v) is 3.39. The van der Waals surface area contributed by atoms with Crippen molar-refractivity contribution < 1.29 is 9.21 Å². The Morgan fingerprint density at radius 3 is 3.06 bits per heavy atom. The van der Waals surface area contributed by atoms with Gasteiger partial charge in [-0.1, -0.05) is 11.6 Å². The van der Waals surface area contributed by atoms with Gasteiger partial charge in [-0.15, -0.1) is 0 Å². The van der Waals surface area contributed by atoms with Crippen molar-refractivity contribution in [2.24, 2.45) is 0 Å². The van der Waals surface area contributed by atoms with E-state index in [1.807, 2.05) is 6.07 Å². The summed E-state index contributed by atoms with van der Waals surface area (Å²) in [6.07, 6.45) is 5.11. The Morgan fingerprint density at radius 2 is 2.38 bits per heavy atom. The summed E-state index contributed by atoms with van der Waals surface area (Å²) in [7, 11) is 0. The second kappa shape index (κ2) is 4.76. The molecule has 5 nitrogen and oxygen atoms in total. The number of nitrogens with one attached hydrogen (secondary N) is 1. The molecule has 2 aromatic rings. The molecule has 0 bridgehead atoms. The molecule has 2 heterocycles. The van der Waals surface area contributed by atoms with Crippen LogP contribution in [-0.4, -0.2) is 16.3 Å². The molecule has 82 valence electrons. The van der Waals surface area contributed by atoms with E-state index in [0.717, 1.165) is 5.56 Å². The maximum atomic E-state index is 10.8. The van der Waals surface area contributed by atoms with Gasteiger partial charge >= 0.3 is 0 Å². The molecule has 0 atom stereocenters. The normalized spacial score (nSPS) is 10.1. The van der Waals surface area contributed by atoms with E-state index in [1.54, 1.807) is 12.5 Å². The lowest BCUT2D eigenvalue weighted by Gasteiger charge is -2.06. The number of carbonyl (C=O) groups is 1. The third kappa shape index (κ3) is 2.20. The highest BCUT2D eigenvalue weighted by molar-refractivity contribution is 6.32. The van der Waals surface area contributed by atoms with Crippen LogP contribution in [0.5, 0.6) is 0 Å². The minimum atomic E-state index is 0.139. The lowest BCUT2D eigenvalue weighted by atomic mass is 10.3. The number of anilines is 1. The van der Waals surface area contributed by atoms with Crippen LogP contribution in [0.1, 0.15) is 15.9 Å². The fourth-order valence-corrected chi connectivity index (χ4v) is 1.38. The lowest BCUT2D eigenvalue weighted by Crippen LogP contribution is -2.04. The van der Waals surface area contributed by atoms with Gasteiger partial charge < -0.3 is 9.73 Å². The van der Waals surface area contributed by atoms with Gasteiger partial charge in [-0.3, -0.25) is 4.79 Å². The maximum absolute atomic E-state index is 10.8. The van der Waals surface area contributed by atoms with Crippen LogP contribution >= 0.6 is 11.6 Å². The summed E-state index contributed by atoms with van der Waals surface area (Å²) in [5, 5.41) is 3.12. The zero-order chi connectivity index (χ0) is 11.4. The number of aldehydes is 1. The molecule has 6 heteroatoms. The van der Waals surface area contributed by atoms with Crippen molar-refractivity contribution in [1.29, 1.82) is 0 Å². The van der Waals surface area contributed by atoms with Crippen molar-refractivity contribution in [2.45, 2.75) is 6.54 Å². The van der Waals surface area contributed by atoms with Gasteiger partial charge in [0.25, 0.3) is 0 Å². The molecule has 2 aromatic heterocycles. The summed E-state index contributed by atoms with van der Waals surface area (Å²) in [5.41, 5.74) is 1.21. The number of halogens is 1. The molecule has 0 spiro atoms. The van der Waals surface area contributed by atoms with Crippen LogP contribution in [0.25, 0.3) is 0 Å². The van der Waals surface area contributed by atoms with Gasteiger partial charge in [-0.05, 0) is 6.07 Å². The maximum Gasteiger partial charge on any atom is 0.156 e. The highest BCUT2D eigenvalue weighted by Gasteiger charge is 2.08. The zero-order valence-electron chi connectivity index (χ0n) is 8.18. The topological polar surface area (TPSA) is 68.0 Å². The Hall–Kier alpha value is -1.88. The minimum Gasteiger partial charge on any atom is -0.472 e. The van der Waals surface area contributed by atoms with Crippen molar-refractivity contribution in [1.82, 2.24) is 9.97 Å². The van der Waals surface area contributed by atoms with E-state index in [4.69, 9.17) is 16.0 Å². The fraction of sp³-hybridized carbons (Fsp3) is 0.100. The Labute approximate surface area is 96.5 Å². The Morgan fingerprint density at radius 1 is 1.50 bits per heavy atom. The molecule has 1 N–H and O–H groups in total. The number of rotatable bonds is 4. The van der Waals surface area contributed by atoms with Gasteiger partial charge in [0.2, 0.25) is 0 Å². The van der Waals surface area contributed by atoms with Gasteiger partial charge in [0, 0.05) is 12.1 Å². The van der Waals surface area contributed by atoms with E-state index in [9.17, 15) is 4.79 Å². The molecular formula is C10H8ClN3O2. The first-order valence-electron chi connectivity index (χ1n) is 4.52. The van der Waals surface area contributed by atoms with E-state index < -0.39 is 0 Å². The summed E-state index contributed by atoms with van der Waals surface area (Å²) in [6.45, 7) is 0.505. The molecule has 0 amide bonds. The van der Waals surface area contributed by atoms with Crippen LogP contribution in [0, 0.1) is 0 Å². The van der Waals surface area contributed by atoms with Crippen molar-refractivity contribution in [2.75, 3.05) is 5.32 Å². The highest BCUT2D eigenvalue weighted by Crippen LogP contribution is 2.17. The average molecular weight is 238 g/mol. The molecule has 0 aromatic carbocycles. The third-order valence-electron chi connectivity index (χ3n) is 1.99. The molecule has 2 rings (SSSR count). The van der Waals surface area contributed by atoms with Crippen molar-refractivity contribution >= 4 is 23.7 Å². The standard InChI is InChI=1S/C10H8ClN3O2/c11-9-8(4-15)10(14-6-13-9)12-3-7-1-2-16-5-7/h1-2,4-6H,3H2,(H,12,13,14). The molecule has 16 heavy (non-hydrogen) atoms. The first-order valence-corrected chi connectivity index (χ1v) is 4.89. The predicted molar refractivity (Wildman–Crippen MR) is 58.5 cm³/mol. The van der Waals surface area contributed by atoms with Gasteiger partial charge in [-0.25, -0.2) is 9.97 Å². The van der Waals surface area contributed by atoms with Gasteiger partial charge in [0.15, 0.2) is 6.29 Å². The lowest BCUT2D eigenvalue weighted by molar-refractivity contribution is 0.112. The van der Waals surface area contributed by atoms with Crippen LogP contribution in [-0.2, 0) is 6.54 Å². The van der Waals surface area contributed by atoms with E-state index >= 15 is 0 Å². The summed E-state index contributed by atoms with van der Waals surface area (Å²) in [6, 6.07) is 1.82. The summed E-state index contributed by atoms with van der Waals surface area (Å²) in [5.74, 6) is 0.413. The van der Waals surface area contributed by atoms with Crippen LogP contribution in [0.2, 0.25) is 5.15 Å². The summed E-state index contributed by atoms with van der Waals surface area (Å²) < 4.78 is 4.91. The Balaban J connectivity index is 2.15. The van der Waals surface area contributed by atoms with Gasteiger partial charge in [0.1, 0.15) is 17.3 Å². The average Bonchev–Trinajstić information content (AvgIpc) is 2.79. The van der Waals surface area contributed by atoms with E-state index in [-0.39, 0.29) is 10.7 Å². The monoisotopic (exact) mass is 237 g/mol. The van der Waals surface area contributed by atoms with E-state index in [2.05, 4.69) is 15.3 Å². The number of nitrogens with zero attached hydrogens (tertiary/aromatic N) is 2. The van der Waals surface area contributed by atoms with Crippen molar-refractivity contribution in [3.63, 3.8) is 0 Å². The Bertz CT molecular complexity index is 485. The fourth-order valence-electron chi connectivity index (χ4n) is 1.20. The molecule has 0 saturated heterocycles. The molecule has 0 aliphatic carbocycles. The first-order chi connectivity index (χ1) is 7.81. The van der Waals surface area contributed by atoms with Gasteiger partial charge in [-0.2, -0.15) is 0 Å². The molecule has 0 saturated carbocycles. The summed E-state index contributed by atoms with van der Waals surface area (Å²) in [4.78, 5) is 18.4. The van der Waals surface area contributed by atoms with Gasteiger partial charge in [0.05, 0.1) is 18.1 Å². The van der Waals surface area contributed by atoms with Crippen LogP contribution in [0.15, 0.2) is 29.3 Å². The van der Waals surface area contributed by atoms with E-state index in [1.165, 1.54) is 6.33 Å². The number of hydrogen-bond acceptors (Lipinski definition) is 5. The number of furan rings is 1. The molecule has 0 aliphatic rings. The minimum absolute atomic E-state index is 0.139. The quantitative estimate of drug-likeness (QED) is 0.652. The number of carbonyl (C=O) groups excluding carboxylic acids is 1. The molecular weight excluding hydrogens is 230 g/mol. The zero-order valence-corrected chi connectivity index (χ0v) is 8.94. The van der Waals surface area contributed by atoms with Crippen molar-refractivity contribution in [3.8, 4) is 0 Å².